The van der Waals surface area contributed by atoms with Crippen LogP contribution in [0.2, 0.25) is 5.02 Å². The molecule has 1 aromatic rings. The molecular formula is C12H13ClN2O3. The van der Waals surface area contributed by atoms with E-state index in [1.54, 1.807) is 6.07 Å². The molecule has 5 nitrogen and oxygen atoms in total. The van der Waals surface area contributed by atoms with Gasteiger partial charge in [-0.15, -0.1) is 0 Å². The van der Waals surface area contributed by atoms with Gasteiger partial charge in [0, 0.05) is 5.02 Å². The number of carboxylic acids is 1. The van der Waals surface area contributed by atoms with Crippen molar-refractivity contribution in [1.29, 1.82) is 0 Å². The minimum Gasteiger partial charge on any atom is -0.478 e. The number of hydrogen-bond acceptors (Lipinski definition) is 3. The topological polar surface area (TPSA) is 78.4 Å². The minimum atomic E-state index is -1.12. The first-order valence-electron chi connectivity index (χ1n) is 5.65. The van der Waals surface area contributed by atoms with Gasteiger partial charge in [0.05, 0.1) is 17.3 Å². The number of carbonyl (C=O) groups excluding carboxylic acids is 1. The molecule has 0 bridgehead atoms. The van der Waals surface area contributed by atoms with Crippen LogP contribution in [0.15, 0.2) is 18.2 Å². The molecule has 6 heteroatoms. The third kappa shape index (κ3) is 2.80. The maximum absolute atomic E-state index is 11.9. The van der Waals surface area contributed by atoms with E-state index in [1.165, 1.54) is 12.1 Å². The molecule has 1 saturated heterocycles. The third-order valence-corrected chi connectivity index (χ3v) is 3.08. The first-order chi connectivity index (χ1) is 8.58. The lowest BCUT2D eigenvalue weighted by Gasteiger charge is -2.13. The molecule has 1 aliphatic rings. The van der Waals surface area contributed by atoms with Gasteiger partial charge in [-0.3, -0.25) is 4.79 Å². The zero-order valence-electron chi connectivity index (χ0n) is 9.57. The molecule has 0 radical (unpaired) electrons. The molecule has 3 N–H and O–H groups in total. The largest absolute Gasteiger partial charge is 0.478 e. The molecule has 0 aromatic heterocycles. The summed E-state index contributed by atoms with van der Waals surface area (Å²) in [6.45, 7) is 0.810. The fraction of sp³-hybridized carbons (Fsp3) is 0.333. The van der Waals surface area contributed by atoms with Crippen LogP contribution in [0.3, 0.4) is 0 Å². The van der Waals surface area contributed by atoms with E-state index in [1.807, 2.05) is 0 Å². The number of benzene rings is 1. The monoisotopic (exact) mass is 268 g/mol. The van der Waals surface area contributed by atoms with Crippen LogP contribution in [-0.4, -0.2) is 29.6 Å². The highest BCUT2D eigenvalue weighted by Gasteiger charge is 2.23. The van der Waals surface area contributed by atoms with Crippen LogP contribution in [0.5, 0.6) is 0 Å². The fourth-order valence-electron chi connectivity index (χ4n) is 1.93. The molecule has 1 fully saturated rings. The van der Waals surface area contributed by atoms with Crippen LogP contribution in [-0.2, 0) is 4.79 Å². The van der Waals surface area contributed by atoms with Crippen molar-refractivity contribution in [3.63, 3.8) is 0 Å². The number of anilines is 1. The smallest absolute Gasteiger partial charge is 0.337 e. The first kappa shape index (κ1) is 12.9. The van der Waals surface area contributed by atoms with E-state index in [0.29, 0.717) is 5.02 Å². The highest BCUT2D eigenvalue weighted by molar-refractivity contribution is 6.31. The number of halogens is 1. The van der Waals surface area contributed by atoms with Gasteiger partial charge in [0.1, 0.15) is 0 Å². The summed E-state index contributed by atoms with van der Waals surface area (Å²) in [5.74, 6) is -1.33. The Labute approximate surface area is 109 Å². The molecule has 1 atom stereocenters. The van der Waals surface area contributed by atoms with E-state index in [9.17, 15) is 9.59 Å². The number of carbonyl (C=O) groups is 2. The number of aromatic carboxylic acids is 1. The minimum absolute atomic E-state index is 0.00570. The van der Waals surface area contributed by atoms with Crippen molar-refractivity contribution >= 4 is 29.2 Å². The summed E-state index contributed by atoms with van der Waals surface area (Å²) in [6.07, 6.45) is 1.71. The van der Waals surface area contributed by atoms with E-state index in [-0.39, 0.29) is 23.2 Å². The average molecular weight is 269 g/mol. The third-order valence-electron chi connectivity index (χ3n) is 2.85. The summed E-state index contributed by atoms with van der Waals surface area (Å²) < 4.78 is 0. The van der Waals surface area contributed by atoms with Crippen molar-refractivity contribution in [3.05, 3.63) is 28.8 Å². The van der Waals surface area contributed by atoms with Crippen LogP contribution in [0.25, 0.3) is 0 Å². The summed E-state index contributed by atoms with van der Waals surface area (Å²) in [4.78, 5) is 22.9. The quantitative estimate of drug-likeness (QED) is 0.780. The van der Waals surface area contributed by atoms with E-state index in [4.69, 9.17) is 16.7 Å². The Morgan fingerprint density at radius 3 is 2.83 bits per heavy atom. The molecule has 18 heavy (non-hydrogen) atoms. The second kappa shape index (κ2) is 5.37. The molecule has 0 spiro atoms. The van der Waals surface area contributed by atoms with Crippen molar-refractivity contribution in [2.75, 3.05) is 11.9 Å². The lowest BCUT2D eigenvalue weighted by molar-refractivity contribution is -0.117. The van der Waals surface area contributed by atoms with Gasteiger partial charge in [0.2, 0.25) is 5.91 Å². The number of rotatable bonds is 3. The predicted octanol–water partition coefficient (Wildman–Crippen LogP) is 1.73. The summed E-state index contributed by atoms with van der Waals surface area (Å²) in [5.41, 5.74) is 0.263. The first-order valence-corrected chi connectivity index (χ1v) is 6.03. The van der Waals surface area contributed by atoms with Gasteiger partial charge in [0.25, 0.3) is 0 Å². The van der Waals surface area contributed by atoms with Crippen LogP contribution in [0.4, 0.5) is 5.69 Å². The number of carboxylic acid groups (broad SMARTS) is 1. The molecule has 2 rings (SSSR count). The fourth-order valence-corrected chi connectivity index (χ4v) is 2.10. The van der Waals surface area contributed by atoms with Crippen molar-refractivity contribution in [3.8, 4) is 0 Å². The van der Waals surface area contributed by atoms with Gasteiger partial charge in [-0.1, -0.05) is 11.6 Å². The maximum atomic E-state index is 11.9. The summed E-state index contributed by atoms with van der Waals surface area (Å²) in [5, 5.41) is 15.0. The molecule has 0 saturated carbocycles. The molecule has 0 unspecified atom stereocenters. The Hall–Kier alpha value is -1.59. The molecule has 1 amide bonds. The van der Waals surface area contributed by atoms with E-state index in [0.717, 1.165) is 19.4 Å². The zero-order valence-corrected chi connectivity index (χ0v) is 10.3. The molecule has 1 heterocycles. The van der Waals surface area contributed by atoms with Gasteiger partial charge in [-0.05, 0) is 37.6 Å². The van der Waals surface area contributed by atoms with E-state index >= 15 is 0 Å². The summed E-state index contributed by atoms with van der Waals surface area (Å²) in [6, 6.07) is 4.12. The van der Waals surface area contributed by atoms with Crippen molar-refractivity contribution in [2.24, 2.45) is 0 Å². The Balaban J connectivity index is 2.17. The lowest BCUT2D eigenvalue weighted by atomic mass is 10.1. The number of hydrogen-bond donors (Lipinski definition) is 3. The second-order valence-corrected chi connectivity index (χ2v) is 4.57. The normalized spacial score (nSPS) is 18.6. The van der Waals surface area contributed by atoms with Crippen molar-refractivity contribution < 1.29 is 14.7 Å². The lowest BCUT2D eigenvalue weighted by Crippen LogP contribution is -2.35. The molecule has 1 aliphatic heterocycles. The van der Waals surface area contributed by atoms with E-state index in [2.05, 4.69) is 10.6 Å². The van der Waals surface area contributed by atoms with Crippen molar-refractivity contribution in [2.45, 2.75) is 18.9 Å². The van der Waals surface area contributed by atoms with Gasteiger partial charge in [-0.2, -0.15) is 0 Å². The Morgan fingerprint density at radius 2 is 2.22 bits per heavy atom. The second-order valence-electron chi connectivity index (χ2n) is 4.13. The van der Waals surface area contributed by atoms with E-state index < -0.39 is 5.97 Å². The van der Waals surface area contributed by atoms with Gasteiger partial charge >= 0.3 is 5.97 Å². The van der Waals surface area contributed by atoms with Gasteiger partial charge in [-0.25, -0.2) is 4.79 Å². The SMILES string of the molecule is O=C(O)c1cc(Cl)ccc1NC(=O)[C@@H]1CCCN1. The molecule has 0 aliphatic carbocycles. The Bertz CT molecular complexity index is 484. The van der Waals surface area contributed by atoms with Crippen molar-refractivity contribution in [1.82, 2.24) is 5.32 Å². The van der Waals surface area contributed by atoms with Crippen LogP contribution >= 0.6 is 11.6 Å². The number of amides is 1. The highest BCUT2D eigenvalue weighted by Crippen LogP contribution is 2.21. The predicted molar refractivity (Wildman–Crippen MR) is 68.1 cm³/mol. The Kier molecular flexibility index (Phi) is 3.84. The van der Waals surface area contributed by atoms with Gasteiger partial charge in [0.15, 0.2) is 0 Å². The Morgan fingerprint density at radius 1 is 1.44 bits per heavy atom. The van der Waals surface area contributed by atoms with Crippen LogP contribution in [0.1, 0.15) is 23.2 Å². The van der Waals surface area contributed by atoms with Crippen LogP contribution < -0.4 is 10.6 Å². The molecule has 96 valence electrons. The maximum Gasteiger partial charge on any atom is 0.337 e. The highest BCUT2D eigenvalue weighted by atomic mass is 35.5. The summed E-state index contributed by atoms with van der Waals surface area (Å²) in [7, 11) is 0. The molecule has 1 aromatic carbocycles. The van der Waals surface area contributed by atoms with Crippen LogP contribution in [0, 0.1) is 0 Å². The zero-order chi connectivity index (χ0) is 13.1. The average Bonchev–Trinajstić information content (AvgIpc) is 2.84. The van der Waals surface area contributed by atoms with Gasteiger partial charge < -0.3 is 15.7 Å². The number of nitrogens with one attached hydrogen (secondary N) is 2. The standard InChI is InChI=1S/C12H13ClN2O3/c13-7-3-4-9(8(6-7)12(17)18)15-11(16)10-2-1-5-14-10/h3-4,6,10,14H,1-2,5H2,(H,15,16)(H,17,18)/t10-/m0/s1. The summed E-state index contributed by atoms with van der Waals surface area (Å²) >= 11 is 5.74. The molecular weight excluding hydrogens is 256 g/mol.